The first-order valence-electron chi connectivity index (χ1n) is 7.94. The van der Waals surface area contributed by atoms with Crippen LogP contribution in [0.4, 0.5) is 0 Å². The van der Waals surface area contributed by atoms with Crippen molar-refractivity contribution < 1.29 is 4.79 Å². The summed E-state index contributed by atoms with van der Waals surface area (Å²) < 4.78 is 1.95. The van der Waals surface area contributed by atoms with Crippen LogP contribution in [0.1, 0.15) is 16.2 Å². The van der Waals surface area contributed by atoms with Crippen LogP contribution in [0.5, 0.6) is 0 Å². The molecule has 0 spiro atoms. The number of benzene rings is 2. The van der Waals surface area contributed by atoms with E-state index >= 15 is 0 Å². The van der Waals surface area contributed by atoms with Crippen molar-refractivity contribution in [3.8, 4) is 0 Å². The number of pyridine rings is 1. The molecule has 0 saturated heterocycles. The van der Waals surface area contributed by atoms with Crippen molar-refractivity contribution in [2.75, 3.05) is 0 Å². The number of rotatable bonds is 3. The Bertz CT molecular complexity index is 1160. The molecular weight excluding hydrogens is 316 g/mol. The van der Waals surface area contributed by atoms with Gasteiger partial charge in [0, 0.05) is 24.0 Å². The van der Waals surface area contributed by atoms with E-state index in [0.717, 1.165) is 16.9 Å². The predicted molar refractivity (Wildman–Crippen MR) is 96.5 cm³/mol. The van der Waals surface area contributed by atoms with Gasteiger partial charge in [0.25, 0.3) is 5.91 Å². The number of H-pyrrole nitrogens is 1. The molecule has 0 radical (unpaired) electrons. The van der Waals surface area contributed by atoms with E-state index in [0.29, 0.717) is 16.5 Å². The van der Waals surface area contributed by atoms with Crippen LogP contribution >= 0.6 is 0 Å². The summed E-state index contributed by atoms with van der Waals surface area (Å²) >= 11 is 0. The van der Waals surface area contributed by atoms with Gasteiger partial charge in [-0.25, -0.2) is 4.98 Å². The van der Waals surface area contributed by atoms with Crippen LogP contribution in [0, 0.1) is 0 Å². The molecule has 2 heterocycles. The number of aromatic nitrogens is 3. The van der Waals surface area contributed by atoms with Crippen molar-refractivity contribution in [2.24, 2.45) is 7.05 Å². The summed E-state index contributed by atoms with van der Waals surface area (Å²) in [5.74, 6) is 0.457. The third-order valence-electron chi connectivity index (χ3n) is 4.28. The fourth-order valence-electron chi connectivity index (χ4n) is 3.00. The molecule has 4 rings (SSSR count). The van der Waals surface area contributed by atoms with Crippen LogP contribution < -0.4 is 10.9 Å². The van der Waals surface area contributed by atoms with Crippen LogP contribution in [-0.2, 0) is 13.6 Å². The lowest BCUT2D eigenvalue weighted by Crippen LogP contribution is -2.26. The lowest BCUT2D eigenvalue weighted by atomic mass is 10.1. The number of hydrogen-bond acceptors (Lipinski definition) is 3. The number of fused-ring (bicyclic) bond motifs is 2. The molecule has 0 fully saturated rings. The number of aryl methyl sites for hydroxylation is 1. The maximum atomic E-state index is 12.6. The minimum absolute atomic E-state index is 0.283. The third kappa shape index (κ3) is 2.67. The van der Waals surface area contributed by atoms with Gasteiger partial charge in [-0.2, -0.15) is 0 Å². The molecule has 2 aromatic carbocycles. The molecule has 6 nitrogen and oxygen atoms in total. The van der Waals surface area contributed by atoms with E-state index in [1.54, 1.807) is 6.07 Å². The number of nitrogens with one attached hydrogen (secondary N) is 2. The Balaban J connectivity index is 1.64. The van der Waals surface area contributed by atoms with Crippen molar-refractivity contribution in [2.45, 2.75) is 6.54 Å². The van der Waals surface area contributed by atoms with E-state index in [2.05, 4.69) is 15.3 Å². The second-order valence-corrected chi connectivity index (χ2v) is 5.85. The maximum absolute atomic E-state index is 12.6. The van der Waals surface area contributed by atoms with Crippen molar-refractivity contribution in [1.29, 1.82) is 0 Å². The van der Waals surface area contributed by atoms with Gasteiger partial charge in [-0.3, -0.25) is 9.59 Å². The SMILES string of the molecule is Cn1c(CNC(=O)c2cc(=O)[nH]c3ccccc23)nc2ccccc21. The highest BCUT2D eigenvalue weighted by Gasteiger charge is 2.13. The van der Waals surface area contributed by atoms with Crippen molar-refractivity contribution in [3.63, 3.8) is 0 Å². The second kappa shape index (κ2) is 5.90. The first-order chi connectivity index (χ1) is 12.1. The lowest BCUT2D eigenvalue weighted by Gasteiger charge is -2.08. The highest BCUT2D eigenvalue weighted by molar-refractivity contribution is 6.05. The van der Waals surface area contributed by atoms with Crippen LogP contribution in [-0.4, -0.2) is 20.4 Å². The van der Waals surface area contributed by atoms with Crippen molar-refractivity contribution >= 4 is 27.8 Å². The van der Waals surface area contributed by atoms with Gasteiger partial charge in [0.15, 0.2) is 0 Å². The summed E-state index contributed by atoms with van der Waals surface area (Å²) in [6.45, 7) is 0.283. The van der Waals surface area contributed by atoms with Crippen LogP contribution in [0.2, 0.25) is 0 Å². The van der Waals surface area contributed by atoms with Gasteiger partial charge in [0.05, 0.1) is 23.1 Å². The summed E-state index contributed by atoms with van der Waals surface area (Å²) in [7, 11) is 1.92. The van der Waals surface area contributed by atoms with E-state index < -0.39 is 0 Å². The average molecular weight is 332 g/mol. The van der Waals surface area contributed by atoms with Gasteiger partial charge in [-0.1, -0.05) is 30.3 Å². The van der Waals surface area contributed by atoms with Gasteiger partial charge in [0.2, 0.25) is 5.56 Å². The molecule has 2 N–H and O–H groups in total. The van der Waals surface area contributed by atoms with Crippen molar-refractivity contribution in [3.05, 3.63) is 76.3 Å². The number of carbonyl (C=O) groups excluding carboxylic acids is 1. The Hall–Kier alpha value is -3.41. The van der Waals surface area contributed by atoms with Crippen LogP contribution in [0.15, 0.2) is 59.4 Å². The molecular formula is C19H16N4O2. The summed E-state index contributed by atoms with van der Waals surface area (Å²) in [5, 5.41) is 3.57. The number of para-hydroxylation sites is 3. The Kier molecular flexibility index (Phi) is 3.57. The molecule has 0 unspecified atom stereocenters. The summed E-state index contributed by atoms with van der Waals surface area (Å²) in [5.41, 5.74) is 2.59. The molecule has 0 aliphatic rings. The smallest absolute Gasteiger partial charge is 0.252 e. The normalized spacial score (nSPS) is 11.1. The lowest BCUT2D eigenvalue weighted by molar-refractivity contribution is 0.0951. The average Bonchev–Trinajstić information content (AvgIpc) is 2.95. The van der Waals surface area contributed by atoms with Crippen LogP contribution in [0.3, 0.4) is 0 Å². The Morgan fingerprint density at radius 3 is 2.76 bits per heavy atom. The van der Waals surface area contributed by atoms with Gasteiger partial charge in [0.1, 0.15) is 5.82 Å². The topological polar surface area (TPSA) is 79.8 Å². The number of nitrogens with zero attached hydrogens (tertiary/aromatic N) is 2. The summed E-state index contributed by atoms with van der Waals surface area (Å²) in [4.78, 5) is 31.7. The van der Waals surface area contributed by atoms with E-state index in [-0.39, 0.29) is 18.0 Å². The number of imidazole rings is 1. The zero-order valence-electron chi connectivity index (χ0n) is 13.6. The molecule has 0 atom stereocenters. The first-order valence-corrected chi connectivity index (χ1v) is 7.94. The van der Waals surface area contributed by atoms with E-state index in [4.69, 9.17) is 0 Å². The Labute approximate surface area is 143 Å². The monoisotopic (exact) mass is 332 g/mol. The Morgan fingerprint density at radius 2 is 1.92 bits per heavy atom. The van der Waals surface area contributed by atoms with E-state index in [1.165, 1.54) is 6.07 Å². The predicted octanol–water partition coefficient (Wildman–Crippen LogP) is 2.34. The molecule has 6 heteroatoms. The van der Waals surface area contributed by atoms with Crippen LogP contribution in [0.25, 0.3) is 21.9 Å². The highest BCUT2D eigenvalue weighted by Crippen LogP contribution is 2.16. The number of aromatic amines is 1. The quantitative estimate of drug-likeness (QED) is 0.604. The van der Waals surface area contributed by atoms with E-state index in [9.17, 15) is 9.59 Å². The molecule has 1 amide bonds. The number of amides is 1. The zero-order valence-corrected chi connectivity index (χ0v) is 13.6. The largest absolute Gasteiger partial charge is 0.345 e. The van der Waals surface area contributed by atoms with Gasteiger partial charge in [-0.15, -0.1) is 0 Å². The van der Waals surface area contributed by atoms with Gasteiger partial charge in [-0.05, 0) is 18.2 Å². The fourth-order valence-corrected chi connectivity index (χ4v) is 3.00. The van der Waals surface area contributed by atoms with Gasteiger partial charge < -0.3 is 14.9 Å². The van der Waals surface area contributed by atoms with Crippen molar-refractivity contribution in [1.82, 2.24) is 19.9 Å². The molecule has 0 aliphatic heterocycles. The molecule has 0 saturated carbocycles. The number of hydrogen-bond donors (Lipinski definition) is 2. The summed E-state index contributed by atoms with van der Waals surface area (Å²) in [6, 6.07) is 16.4. The fraction of sp³-hybridized carbons (Fsp3) is 0.105. The standard InChI is InChI=1S/C19H16N4O2/c1-23-16-9-5-4-8-15(16)21-17(23)11-20-19(25)13-10-18(24)22-14-7-3-2-6-12(13)14/h2-10H,11H2,1H3,(H,20,25)(H,22,24). The van der Waals surface area contributed by atoms with Gasteiger partial charge >= 0.3 is 0 Å². The third-order valence-corrected chi connectivity index (χ3v) is 4.28. The second-order valence-electron chi connectivity index (χ2n) is 5.85. The molecule has 124 valence electrons. The molecule has 4 aromatic rings. The highest BCUT2D eigenvalue weighted by atomic mass is 16.2. The first kappa shape index (κ1) is 15.1. The summed E-state index contributed by atoms with van der Waals surface area (Å²) in [6.07, 6.45) is 0. The maximum Gasteiger partial charge on any atom is 0.252 e. The minimum atomic E-state index is -0.299. The Morgan fingerprint density at radius 1 is 1.16 bits per heavy atom. The molecule has 0 aliphatic carbocycles. The number of carbonyl (C=O) groups is 1. The molecule has 2 aromatic heterocycles. The molecule has 25 heavy (non-hydrogen) atoms. The molecule has 0 bridgehead atoms. The zero-order chi connectivity index (χ0) is 17.4. The van der Waals surface area contributed by atoms with E-state index in [1.807, 2.05) is 54.1 Å². The minimum Gasteiger partial charge on any atom is -0.345 e.